The number of benzene rings is 1. The summed E-state index contributed by atoms with van der Waals surface area (Å²) in [7, 11) is 1.37. The van der Waals surface area contributed by atoms with Crippen molar-refractivity contribution in [2.75, 3.05) is 7.11 Å². The summed E-state index contributed by atoms with van der Waals surface area (Å²) >= 11 is 7.24. The zero-order valence-electron chi connectivity index (χ0n) is 11.6. The van der Waals surface area contributed by atoms with Gasteiger partial charge in [0.15, 0.2) is 0 Å². The van der Waals surface area contributed by atoms with Crippen LogP contribution >= 0.6 is 49.9 Å². The van der Waals surface area contributed by atoms with Crippen molar-refractivity contribution in [2.45, 2.75) is 19.4 Å². The fourth-order valence-corrected chi connectivity index (χ4v) is 3.64. The first-order valence-electron chi connectivity index (χ1n) is 6.26. The van der Waals surface area contributed by atoms with Crippen molar-refractivity contribution in [1.29, 1.82) is 0 Å². The molecule has 2 aromatic rings. The lowest BCUT2D eigenvalue weighted by molar-refractivity contribution is 0.0599. The van der Waals surface area contributed by atoms with E-state index in [1.54, 1.807) is 17.4 Å². The molecule has 1 heterocycles. The molecule has 0 N–H and O–H groups in total. The molecule has 0 saturated carbocycles. The van der Waals surface area contributed by atoms with Crippen LogP contribution in [0, 0.1) is 3.57 Å². The smallest absolute Gasteiger partial charge is 0.339 e. The molecule has 1 atom stereocenters. The number of methoxy groups -OCH3 is 1. The van der Waals surface area contributed by atoms with E-state index in [4.69, 9.17) is 9.47 Å². The van der Waals surface area contributed by atoms with E-state index in [0.29, 0.717) is 10.0 Å². The van der Waals surface area contributed by atoms with Gasteiger partial charge in [-0.15, -0.1) is 0 Å². The zero-order valence-corrected chi connectivity index (χ0v) is 16.1. The minimum atomic E-state index is -0.363. The highest BCUT2D eigenvalue weighted by Crippen LogP contribution is 2.30. The molecule has 112 valence electrons. The molecule has 0 spiro atoms. The summed E-state index contributed by atoms with van der Waals surface area (Å²) in [6.07, 6.45) is 0.916. The molecule has 0 unspecified atom stereocenters. The van der Waals surface area contributed by atoms with Crippen LogP contribution in [0.25, 0.3) is 0 Å². The van der Waals surface area contributed by atoms with E-state index >= 15 is 0 Å². The monoisotopic (exact) mass is 480 g/mol. The predicted octanol–water partition coefficient (Wildman–Crippen LogP) is 4.91. The lowest BCUT2D eigenvalue weighted by Gasteiger charge is -2.16. The van der Waals surface area contributed by atoms with Crippen molar-refractivity contribution in [2.24, 2.45) is 0 Å². The molecule has 0 saturated heterocycles. The van der Waals surface area contributed by atoms with Gasteiger partial charge in [0.2, 0.25) is 0 Å². The van der Waals surface area contributed by atoms with Crippen molar-refractivity contribution in [3.05, 3.63) is 48.1 Å². The molecule has 0 aliphatic heterocycles. The highest BCUT2D eigenvalue weighted by Gasteiger charge is 2.16. The van der Waals surface area contributed by atoms with Gasteiger partial charge in [0.25, 0.3) is 0 Å². The van der Waals surface area contributed by atoms with Gasteiger partial charge in [0.1, 0.15) is 11.9 Å². The second kappa shape index (κ2) is 7.60. The van der Waals surface area contributed by atoms with E-state index in [1.807, 2.05) is 13.0 Å². The van der Waals surface area contributed by atoms with Crippen LogP contribution in [0.3, 0.4) is 0 Å². The van der Waals surface area contributed by atoms with Gasteiger partial charge in [-0.3, -0.25) is 0 Å². The maximum absolute atomic E-state index is 11.6. The second-order valence-electron chi connectivity index (χ2n) is 4.52. The Labute approximate surface area is 149 Å². The minimum Gasteiger partial charge on any atom is -0.489 e. The van der Waals surface area contributed by atoms with E-state index in [2.05, 4.69) is 55.3 Å². The molecule has 1 aromatic heterocycles. The number of rotatable bonds is 5. The van der Waals surface area contributed by atoms with Crippen LogP contribution in [0.4, 0.5) is 0 Å². The van der Waals surface area contributed by atoms with Crippen LogP contribution in [0.1, 0.15) is 22.8 Å². The van der Waals surface area contributed by atoms with Crippen LogP contribution in [0.2, 0.25) is 0 Å². The Balaban J connectivity index is 2.13. The minimum absolute atomic E-state index is 0.0593. The average Bonchev–Trinajstić information content (AvgIpc) is 2.94. The van der Waals surface area contributed by atoms with Crippen LogP contribution in [0.5, 0.6) is 5.75 Å². The Morgan fingerprint density at radius 2 is 2.24 bits per heavy atom. The van der Waals surface area contributed by atoms with Gasteiger partial charge in [-0.05, 0) is 80.0 Å². The molecular formula is C15H14BrIO3S. The van der Waals surface area contributed by atoms with Crippen molar-refractivity contribution in [1.82, 2.24) is 0 Å². The molecule has 0 bridgehead atoms. The second-order valence-corrected chi connectivity index (χ2v) is 7.31. The standard InChI is InChI=1S/C15H14BrIO3S/c1-9(5-10-3-4-21-8-10)20-14-7-12(16)11(6-13(14)17)15(18)19-2/h3-4,6-9H,5H2,1-2H3/t9-/m0/s1. The van der Waals surface area contributed by atoms with Gasteiger partial charge < -0.3 is 9.47 Å². The Morgan fingerprint density at radius 3 is 2.86 bits per heavy atom. The van der Waals surface area contributed by atoms with Gasteiger partial charge in [-0.1, -0.05) is 0 Å². The number of carbonyl (C=O) groups is 1. The summed E-state index contributed by atoms with van der Waals surface area (Å²) in [6, 6.07) is 5.69. The van der Waals surface area contributed by atoms with Crippen molar-refractivity contribution < 1.29 is 14.3 Å². The third-order valence-electron chi connectivity index (χ3n) is 2.86. The first-order chi connectivity index (χ1) is 10.0. The molecule has 0 fully saturated rings. The quantitative estimate of drug-likeness (QED) is 0.450. The van der Waals surface area contributed by atoms with Crippen molar-refractivity contribution in [3.63, 3.8) is 0 Å². The summed E-state index contributed by atoms with van der Waals surface area (Å²) in [4.78, 5) is 11.6. The molecule has 0 aliphatic rings. The highest BCUT2D eigenvalue weighted by atomic mass is 127. The normalized spacial score (nSPS) is 12.0. The average molecular weight is 481 g/mol. The third-order valence-corrected chi connectivity index (χ3v) is 5.09. The highest BCUT2D eigenvalue weighted by molar-refractivity contribution is 14.1. The Hall–Kier alpha value is -0.600. The molecule has 0 amide bonds. The molecule has 21 heavy (non-hydrogen) atoms. The third kappa shape index (κ3) is 4.43. The van der Waals surface area contributed by atoms with Gasteiger partial charge in [0, 0.05) is 10.9 Å². The Kier molecular flexibility index (Phi) is 6.07. The molecule has 2 rings (SSSR count). The fourth-order valence-electron chi connectivity index (χ4n) is 1.88. The van der Waals surface area contributed by atoms with E-state index in [-0.39, 0.29) is 12.1 Å². The Morgan fingerprint density at radius 1 is 1.48 bits per heavy atom. The number of hydrogen-bond donors (Lipinski definition) is 0. The predicted molar refractivity (Wildman–Crippen MR) is 96.3 cm³/mol. The summed E-state index contributed by atoms with van der Waals surface area (Å²) in [5, 5.41) is 4.19. The largest absolute Gasteiger partial charge is 0.489 e. The number of thiophene rings is 1. The molecule has 1 aromatic carbocycles. The van der Waals surface area contributed by atoms with E-state index in [9.17, 15) is 4.79 Å². The van der Waals surface area contributed by atoms with Crippen LogP contribution in [0.15, 0.2) is 33.4 Å². The number of ether oxygens (including phenoxy) is 2. The van der Waals surface area contributed by atoms with Crippen LogP contribution in [-0.2, 0) is 11.2 Å². The van der Waals surface area contributed by atoms with E-state index in [0.717, 1.165) is 15.7 Å². The van der Waals surface area contributed by atoms with Crippen molar-refractivity contribution in [3.8, 4) is 5.75 Å². The lowest BCUT2D eigenvalue weighted by Crippen LogP contribution is -2.15. The van der Waals surface area contributed by atoms with Crippen molar-refractivity contribution >= 4 is 55.8 Å². The molecule has 0 aliphatic carbocycles. The SMILES string of the molecule is COC(=O)c1cc(I)c(O[C@@H](C)Cc2ccsc2)cc1Br. The first kappa shape index (κ1) is 16.8. The Bertz CT molecular complexity index is 628. The number of halogens is 2. The first-order valence-corrected chi connectivity index (χ1v) is 9.07. The van der Waals surface area contributed by atoms with Crippen LogP contribution < -0.4 is 4.74 Å². The maximum atomic E-state index is 11.6. The molecule has 0 radical (unpaired) electrons. The maximum Gasteiger partial charge on any atom is 0.339 e. The fraction of sp³-hybridized carbons (Fsp3) is 0.267. The van der Waals surface area contributed by atoms with Gasteiger partial charge >= 0.3 is 5.97 Å². The van der Waals surface area contributed by atoms with E-state index in [1.165, 1.54) is 12.7 Å². The van der Waals surface area contributed by atoms with Gasteiger partial charge in [-0.25, -0.2) is 4.79 Å². The molecule has 6 heteroatoms. The van der Waals surface area contributed by atoms with Crippen LogP contribution in [-0.4, -0.2) is 19.2 Å². The zero-order chi connectivity index (χ0) is 15.4. The summed E-state index contributed by atoms with van der Waals surface area (Å²) in [5.41, 5.74) is 1.77. The summed E-state index contributed by atoms with van der Waals surface area (Å²) in [6.45, 7) is 2.04. The van der Waals surface area contributed by atoms with Gasteiger partial charge in [0.05, 0.1) is 16.2 Å². The topological polar surface area (TPSA) is 35.5 Å². The number of esters is 1. The van der Waals surface area contributed by atoms with E-state index < -0.39 is 0 Å². The molecule has 3 nitrogen and oxygen atoms in total. The summed E-state index contributed by atoms with van der Waals surface area (Å²) < 4.78 is 12.3. The van der Waals surface area contributed by atoms with Gasteiger partial charge in [-0.2, -0.15) is 11.3 Å². The summed E-state index contributed by atoms with van der Waals surface area (Å²) in [5.74, 6) is 0.399. The molecular weight excluding hydrogens is 467 g/mol. The number of hydrogen-bond acceptors (Lipinski definition) is 4. The number of carbonyl (C=O) groups excluding carboxylic acids is 1. The lowest BCUT2D eigenvalue weighted by atomic mass is 10.1.